The van der Waals surface area contributed by atoms with Crippen LogP contribution in [0.5, 0.6) is 5.75 Å². The topological polar surface area (TPSA) is 26.3 Å². The molecule has 0 saturated heterocycles. The Balaban J connectivity index is 3.21. The van der Waals surface area contributed by atoms with E-state index in [9.17, 15) is 4.79 Å². The van der Waals surface area contributed by atoms with Crippen LogP contribution >= 0.6 is 0 Å². The summed E-state index contributed by atoms with van der Waals surface area (Å²) in [5.74, 6) is 0.825. The highest BCUT2D eigenvalue weighted by Crippen LogP contribution is 2.32. The van der Waals surface area contributed by atoms with Gasteiger partial charge < -0.3 is 4.74 Å². The highest BCUT2D eigenvalue weighted by atomic mass is 16.5. The van der Waals surface area contributed by atoms with Gasteiger partial charge in [0, 0.05) is 0 Å². The van der Waals surface area contributed by atoms with Crippen molar-refractivity contribution in [3.8, 4) is 5.75 Å². The molecule has 1 aromatic rings. The summed E-state index contributed by atoms with van der Waals surface area (Å²) in [5.41, 5.74) is 2.60. The fourth-order valence-corrected chi connectivity index (χ4v) is 1.73. The van der Waals surface area contributed by atoms with Crippen molar-refractivity contribution < 1.29 is 9.53 Å². The van der Waals surface area contributed by atoms with Crippen molar-refractivity contribution in [3.05, 3.63) is 29.3 Å². The molecule has 1 rings (SSSR count). The second-order valence-corrected chi connectivity index (χ2v) is 7.24. The van der Waals surface area contributed by atoms with Gasteiger partial charge in [-0.2, -0.15) is 0 Å². The van der Waals surface area contributed by atoms with Crippen LogP contribution in [0.2, 0.25) is 0 Å². The Kier molecular flexibility index (Phi) is 4.44. The molecular weight excluding hydrogens is 236 g/mol. The van der Waals surface area contributed by atoms with Crippen LogP contribution in [0, 0.1) is 0 Å². The largest absolute Gasteiger partial charge is 0.486 e. The molecule has 0 atom stereocenters. The maximum absolute atomic E-state index is 11.1. The van der Waals surface area contributed by atoms with Gasteiger partial charge in [-0.1, -0.05) is 47.6 Å². The summed E-state index contributed by atoms with van der Waals surface area (Å²) in [5, 5.41) is 0. The molecule has 0 radical (unpaired) electrons. The van der Waals surface area contributed by atoms with E-state index in [-0.39, 0.29) is 23.2 Å². The van der Waals surface area contributed by atoms with E-state index in [0.717, 1.165) is 5.75 Å². The monoisotopic (exact) mass is 262 g/mol. The van der Waals surface area contributed by atoms with Crippen LogP contribution in [-0.2, 0) is 15.6 Å². The minimum Gasteiger partial charge on any atom is -0.486 e. The van der Waals surface area contributed by atoms with Gasteiger partial charge >= 0.3 is 0 Å². The summed E-state index contributed by atoms with van der Waals surface area (Å²) >= 11 is 0. The van der Waals surface area contributed by atoms with Crippen LogP contribution in [0.15, 0.2) is 18.2 Å². The zero-order valence-corrected chi connectivity index (χ0v) is 13.3. The molecule has 2 nitrogen and oxygen atoms in total. The fourth-order valence-electron chi connectivity index (χ4n) is 1.73. The lowest BCUT2D eigenvalue weighted by Gasteiger charge is -2.26. The molecule has 1 aromatic carbocycles. The lowest BCUT2D eigenvalue weighted by atomic mass is 9.80. The van der Waals surface area contributed by atoms with Crippen LogP contribution in [0.1, 0.15) is 59.6 Å². The SMILES string of the molecule is CC(=O)COc1cc(C(C)(C)C)cc(C(C)(C)C)c1. The average molecular weight is 262 g/mol. The van der Waals surface area contributed by atoms with Crippen LogP contribution in [-0.4, -0.2) is 12.4 Å². The predicted octanol–water partition coefficient (Wildman–Crippen LogP) is 4.25. The van der Waals surface area contributed by atoms with Gasteiger partial charge in [0.1, 0.15) is 12.4 Å². The second-order valence-electron chi connectivity index (χ2n) is 7.24. The number of carbonyl (C=O) groups excluding carboxylic acids is 1. The van der Waals surface area contributed by atoms with Gasteiger partial charge in [0.05, 0.1) is 0 Å². The van der Waals surface area contributed by atoms with Crippen molar-refractivity contribution in [2.75, 3.05) is 6.61 Å². The third kappa shape index (κ3) is 4.70. The first-order valence-electron chi connectivity index (χ1n) is 6.78. The smallest absolute Gasteiger partial charge is 0.167 e. The zero-order valence-electron chi connectivity index (χ0n) is 13.3. The van der Waals surface area contributed by atoms with Gasteiger partial charge in [0.25, 0.3) is 0 Å². The third-order valence-corrected chi connectivity index (χ3v) is 3.08. The number of hydrogen-bond acceptors (Lipinski definition) is 2. The van der Waals surface area contributed by atoms with Crippen LogP contribution < -0.4 is 4.74 Å². The molecule has 0 saturated carbocycles. The molecule has 0 unspecified atom stereocenters. The molecule has 0 fully saturated rings. The highest BCUT2D eigenvalue weighted by molar-refractivity contribution is 5.77. The van der Waals surface area contributed by atoms with Crippen molar-refractivity contribution in [3.63, 3.8) is 0 Å². The molecule has 0 spiro atoms. The highest BCUT2D eigenvalue weighted by Gasteiger charge is 2.20. The number of ether oxygens (including phenoxy) is 1. The molecule has 19 heavy (non-hydrogen) atoms. The Morgan fingerprint density at radius 3 is 1.68 bits per heavy atom. The Hall–Kier alpha value is -1.31. The van der Waals surface area contributed by atoms with Gasteiger partial charge in [-0.3, -0.25) is 4.79 Å². The molecule has 0 amide bonds. The van der Waals surface area contributed by atoms with E-state index in [1.807, 2.05) is 12.1 Å². The number of hydrogen-bond donors (Lipinski definition) is 0. The number of Topliss-reactive ketones (excluding diaryl/α,β-unsaturated/α-hetero) is 1. The third-order valence-electron chi connectivity index (χ3n) is 3.08. The minimum absolute atomic E-state index is 0.0403. The molecule has 0 bridgehead atoms. The van der Waals surface area contributed by atoms with Gasteiger partial charge in [-0.15, -0.1) is 0 Å². The molecule has 0 aliphatic rings. The second kappa shape index (κ2) is 5.36. The first-order valence-corrected chi connectivity index (χ1v) is 6.78. The van der Waals surface area contributed by atoms with E-state index < -0.39 is 0 Å². The van der Waals surface area contributed by atoms with Crippen LogP contribution in [0.25, 0.3) is 0 Å². The number of carbonyl (C=O) groups is 1. The predicted molar refractivity (Wildman–Crippen MR) is 80.0 cm³/mol. The van der Waals surface area contributed by atoms with Crippen LogP contribution in [0.4, 0.5) is 0 Å². The Morgan fingerprint density at radius 1 is 0.947 bits per heavy atom. The number of ketones is 1. The van der Waals surface area contributed by atoms with E-state index in [1.54, 1.807) is 0 Å². The van der Waals surface area contributed by atoms with Crippen LogP contribution in [0.3, 0.4) is 0 Å². The first kappa shape index (κ1) is 15.7. The summed E-state index contributed by atoms with van der Waals surface area (Å²) in [4.78, 5) is 11.1. The summed E-state index contributed by atoms with van der Waals surface area (Å²) in [6, 6.07) is 6.32. The van der Waals surface area contributed by atoms with E-state index in [2.05, 4.69) is 47.6 Å². The van der Waals surface area contributed by atoms with Crippen molar-refractivity contribution in [1.29, 1.82) is 0 Å². The summed E-state index contributed by atoms with van der Waals surface area (Å²) in [6.45, 7) is 14.8. The molecule has 0 aromatic heterocycles. The van der Waals surface area contributed by atoms with Gasteiger partial charge in [-0.25, -0.2) is 0 Å². The average Bonchev–Trinajstić information content (AvgIpc) is 2.23. The summed E-state index contributed by atoms with van der Waals surface area (Å²) in [7, 11) is 0. The molecule has 0 N–H and O–H groups in total. The first-order chi connectivity index (χ1) is 8.50. The number of benzene rings is 1. The zero-order chi connectivity index (χ0) is 14.8. The van der Waals surface area contributed by atoms with Gasteiger partial charge in [0.15, 0.2) is 5.78 Å². The molecule has 0 aliphatic heterocycles. The van der Waals surface area contributed by atoms with E-state index in [0.29, 0.717) is 0 Å². The lowest BCUT2D eigenvalue weighted by Crippen LogP contribution is -2.17. The standard InChI is InChI=1S/C17H26O2/c1-12(18)11-19-15-9-13(16(2,3)4)8-14(10-15)17(5,6)7/h8-10H,11H2,1-7H3. The van der Waals surface area contributed by atoms with Crippen molar-refractivity contribution in [2.24, 2.45) is 0 Å². The fraction of sp³-hybridized carbons (Fsp3) is 0.588. The van der Waals surface area contributed by atoms with Gasteiger partial charge in [0.2, 0.25) is 0 Å². The normalized spacial score (nSPS) is 12.4. The van der Waals surface area contributed by atoms with Gasteiger partial charge in [-0.05, 0) is 41.0 Å². The van der Waals surface area contributed by atoms with E-state index in [1.165, 1.54) is 18.1 Å². The molecular formula is C17H26O2. The van der Waals surface area contributed by atoms with Crippen molar-refractivity contribution in [2.45, 2.75) is 59.3 Å². The minimum atomic E-state index is 0.0403. The van der Waals surface area contributed by atoms with Crippen molar-refractivity contribution >= 4 is 5.78 Å². The summed E-state index contributed by atoms with van der Waals surface area (Å²) in [6.07, 6.45) is 0. The molecule has 106 valence electrons. The molecule has 0 aliphatic carbocycles. The maximum Gasteiger partial charge on any atom is 0.167 e. The Labute approximate surface area is 117 Å². The Bertz CT molecular complexity index is 427. The maximum atomic E-state index is 11.1. The molecule has 0 heterocycles. The quantitative estimate of drug-likeness (QED) is 0.814. The Morgan fingerprint density at radius 2 is 1.37 bits per heavy atom. The summed E-state index contributed by atoms with van der Waals surface area (Å²) < 4.78 is 5.59. The van der Waals surface area contributed by atoms with E-state index in [4.69, 9.17) is 4.74 Å². The number of rotatable bonds is 3. The lowest BCUT2D eigenvalue weighted by molar-refractivity contribution is -0.118. The van der Waals surface area contributed by atoms with E-state index >= 15 is 0 Å². The van der Waals surface area contributed by atoms with Crippen molar-refractivity contribution in [1.82, 2.24) is 0 Å². The molecule has 2 heteroatoms.